The van der Waals surface area contributed by atoms with Crippen molar-refractivity contribution in [3.8, 4) is 0 Å². The molecule has 1 amide bonds. The Morgan fingerprint density at radius 2 is 2.50 bits per heavy atom. The number of hydrogen-bond acceptors (Lipinski definition) is 2. The molecule has 0 aliphatic carbocycles. The van der Waals surface area contributed by atoms with E-state index in [-0.39, 0.29) is 5.91 Å². The Morgan fingerprint density at radius 1 is 1.69 bits per heavy atom. The summed E-state index contributed by atoms with van der Waals surface area (Å²) in [5, 5.41) is 4.17. The van der Waals surface area contributed by atoms with Crippen LogP contribution in [0, 0.1) is 0 Å². The molecule has 1 aliphatic rings. The Bertz CT molecular complexity index is 397. The second-order valence-corrected chi connectivity index (χ2v) is 4.27. The van der Waals surface area contributed by atoms with Gasteiger partial charge in [0.1, 0.15) is 0 Å². The predicted octanol–water partition coefficient (Wildman–Crippen LogP) is 1.31. The summed E-state index contributed by atoms with van der Waals surface area (Å²) < 4.78 is 1.81. The first-order valence-corrected chi connectivity index (χ1v) is 5.60. The topological polar surface area (TPSA) is 38.1 Å². The molecule has 0 spiro atoms. The molecule has 4 heteroatoms. The summed E-state index contributed by atoms with van der Waals surface area (Å²) in [6, 6.07) is 0. The highest BCUT2D eigenvalue weighted by Crippen LogP contribution is 2.26. The average molecular weight is 219 g/mol. The van der Waals surface area contributed by atoms with E-state index in [0.29, 0.717) is 5.92 Å². The van der Waals surface area contributed by atoms with Crippen molar-refractivity contribution < 1.29 is 4.79 Å². The quantitative estimate of drug-likeness (QED) is 0.703. The van der Waals surface area contributed by atoms with Gasteiger partial charge in [0.15, 0.2) is 0 Å². The zero-order valence-corrected chi connectivity index (χ0v) is 9.59. The largest absolute Gasteiger partial charge is 0.339 e. The fourth-order valence-electron chi connectivity index (χ4n) is 2.23. The maximum Gasteiger partial charge on any atom is 0.245 e. The summed E-state index contributed by atoms with van der Waals surface area (Å²) in [6.45, 7) is 5.17. The summed E-state index contributed by atoms with van der Waals surface area (Å²) in [6.07, 6.45) is 7.51. The van der Waals surface area contributed by atoms with Crippen molar-refractivity contribution in [3.05, 3.63) is 30.6 Å². The van der Waals surface area contributed by atoms with Crippen molar-refractivity contribution in [2.45, 2.75) is 18.8 Å². The van der Waals surface area contributed by atoms with Gasteiger partial charge in [-0.25, -0.2) is 0 Å². The van der Waals surface area contributed by atoms with Gasteiger partial charge in [0.25, 0.3) is 0 Å². The molecule has 1 saturated heterocycles. The Labute approximate surface area is 95.5 Å². The van der Waals surface area contributed by atoms with Gasteiger partial charge in [-0.1, -0.05) is 6.58 Å². The molecule has 1 atom stereocenters. The first-order valence-electron chi connectivity index (χ1n) is 5.60. The van der Waals surface area contributed by atoms with Gasteiger partial charge in [0, 0.05) is 32.3 Å². The lowest BCUT2D eigenvalue weighted by Gasteiger charge is -2.31. The molecule has 86 valence electrons. The third kappa shape index (κ3) is 2.15. The van der Waals surface area contributed by atoms with Crippen LogP contribution in [-0.2, 0) is 11.8 Å². The van der Waals surface area contributed by atoms with Crippen LogP contribution in [0.3, 0.4) is 0 Å². The third-order valence-corrected chi connectivity index (χ3v) is 3.10. The summed E-state index contributed by atoms with van der Waals surface area (Å²) in [5.74, 6) is 0.458. The van der Waals surface area contributed by atoms with Gasteiger partial charge in [-0.05, 0) is 24.5 Å². The normalized spacial score (nSPS) is 20.8. The van der Waals surface area contributed by atoms with E-state index in [4.69, 9.17) is 0 Å². The zero-order chi connectivity index (χ0) is 11.5. The molecule has 1 aliphatic heterocycles. The predicted molar refractivity (Wildman–Crippen MR) is 62.0 cm³/mol. The lowest BCUT2D eigenvalue weighted by atomic mass is 9.93. The SMILES string of the molecule is C=CC(=O)N1CCCC(c2cnn(C)c2)C1. The summed E-state index contributed by atoms with van der Waals surface area (Å²) in [7, 11) is 1.92. The molecule has 1 fully saturated rings. The molecule has 1 aromatic heterocycles. The van der Waals surface area contributed by atoms with Crippen molar-refractivity contribution in [2.75, 3.05) is 13.1 Å². The third-order valence-electron chi connectivity index (χ3n) is 3.10. The van der Waals surface area contributed by atoms with Gasteiger partial charge in [0.05, 0.1) is 6.20 Å². The van der Waals surface area contributed by atoms with Crippen LogP contribution >= 0.6 is 0 Å². The minimum atomic E-state index is 0.0357. The average Bonchev–Trinajstić information content (AvgIpc) is 2.75. The maximum absolute atomic E-state index is 11.5. The van der Waals surface area contributed by atoms with E-state index in [1.165, 1.54) is 11.6 Å². The molecule has 2 heterocycles. The van der Waals surface area contributed by atoms with Gasteiger partial charge in [-0.2, -0.15) is 5.10 Å². The molecule has 1 unspecified atom stereocenters. The van der Waals surface area contributed by atoms with E-state index in [1.807, 2.05) is 29.0 Å². The molecule has 4 nitrogen and oxygen atoms in total. The van der Waals surface area contributed by atoms with Gasteiger partial charge < -0.3 is 4.90 Å². The van der Waals surface area contributed by atoms with Crippen LogP contribution in [0.5, 0.6) is 0 Å². The van der Waals surface area contributed by atoms with Crippen molar-refractivity contribution in [3.63, 3.8) is 0 Å². The number of hydrogen-bond donors (Lipinski definition) is 0. The Kier molecular flexibility index (Phi) is 3.08. The molecule has 0 radical (unpaired) electrons. The first-order chi connectivity index (χ1) is 7.70. The second kappa shape index (κ2) is 4.51. The number of aryl methyl sites for hydroxylation is 1. The number of carbonyl (C=O) groups is 1. The lowest BCUT2D eigenvalue weighted by Crippen LogP contribution is -2.37. The van der Waals surface area contributed by atoms with Crippen molar-refractivity contribution in [2.24, 2.45) is 7.05 Å². The van der Waals surface area contributed by atoms with Crippen molar-refractivity contribution in [1.82, 2.24) is 14.7 Å². The molecule has 0 saturated carbocycles. The van der Waals surface area contributed by atoms with Gasteiger partial charge >= 0.3 is 0 Å². The van der Waals surface area contributed by atoms with Crippen molar-refractivity contribution in [1.29, 1.82) is 0 Å². The number of aromatic nitrogens is 2. The smallest absolute Gasteiger partial charge is 0.245 e. The van der Waals surface area contributed by atoms with Crippen LogP contribution in [0.2, 0.25) is 0 Å². The number of nitrogens with zero attached hydrogens (tertiary/aromatic N) is 3. The Morgan fingerprint density at radius 3 is 3.12 bits per heavy atom. The molecule has 2 rings (SSSR count). The number of rotatable bonds is 2. The highest BCUT2D eigenvalue weighted by molar-refractivity contribution is 5.87. The molecule has 16 heavy (non-hydrogen) atoms. The molecular formula is C12H17N3O. The van der Waals surface area contributed by atoms with E-state index < -0.39 is 0 Å². The first kappa shape index (κ1) is 10.9. The lowest BCUT2D eigenvalue weighted by molar-refractivity contribution is -0.127. The van der Waals surface area contributed by atoms with Crippen LogP contribution in [0.15, 0.2) is 25.0 Å². The van der Waals surface area contributed by atoms with E-state index in [0.717, 1.165) is 25.9 Å². The minimum absolute atomic E-state index is 0.0357. The van der Waals surface area contributed by atoms with E-state index in [1.54, 1.807) is 0 Å². The van der Waals surface area contributed by atoms with Gasteiger partial charge in [-0.15, -0.1) is 0 Å². The van der Waals surface area contributed by atoms with Crippen LogP contribution < -0.4 is 0 Å². The monoisotopic (exact) mass is 219 g/mol. The number of likely N-dealkylation sites (tertiary alicyclic amines) is 1. The summed E-state index contributed by atoms with van der Waals surface area (Å²) >= 11 is 0. The summed E-state index contributed by atoms with van der Waals surface area (Å²) in [4.78, 5) is 13.4. The number of amides is 1. The minimum Gasteiger partial charge on any atom is -0.339 e. The summed E-state index contributed by atoms with van der Waals surface area (Å²) in [5.41, 5.74) is 1.23. The van der Waals surface area contributed by atoms with Crippen LogP contribution in [0.25, 0.3) is 0 Å². The Balaban J connectivity index is 2.07. The zero-order valence-electron chi connectivity index (χ0n) is 9.59. The number of piperidine rings is 1. The fraction of sp³-hybridized carbons (Fsp3) is 0.500. The molecule has 0 bridgehead atoms. The second-order valence-electron chi connectivity index (χ2n) is 4.27. The highest BCUT2D eigenvalue weighted by atomic mass is 16.2. The molecule has 1 aromatic rings. The van der Waals surface area contributed by atoms with Crippen molar-refractivity contribution >= 4 is 5.91 Å². The van der Waals surface area contributed by atoms with Crippen LogP contribution in [0.4, 0.5) is 0 Å². The van der Waals surface area contributed by atoms with Gasteiger partial charge in [-0.3, -0.25) is 9.48 Å². The number of carbonyl (C=O) groups excluding carboxylic acids is 1. The molecule has 0 N–H and O–H groups in total. The highest BCUT2D eigenvalue weighted by Gasteiger charge is 2.24. The fourth-order valence-corrected chi connectivity index (χ4v) is 2.23. The van der Waals surface area contributed by atoms with Crippen LogP contribution in [-0.4, -0.2) is 33.7 Å². The van der Waals surface area contributed by atoms with Gasteiger partial charge in [0.2, 0.25) is 5.91 Å². The Hall–Kier alpha value is -1.58. The standard InChI is InChI=1S/C12H17N3O/c1-3-12(16)15-6-4-5-10(9-15)11-7-13-14(2)8-11/h3,7-8,10H,1,4-6,9H2,2H3. The van der Waals surface area contributed by atoms with E-state index in [9.17, 15) is 4.79 Å². The van der Waals surface area contributed by atoms with E-state index in [2.05, 4.69) is 11.7 Å². The molecule has 0 aromatic carbocycles. The van der Waals surface area contributed by atoms with Crippen LogP contribution in [0.1, 0.15) is 24.3 Å². The maximum atomic E-state index is 11.5. The molecular weight excluding hydrogens is 202 g/mol. The van der Waals surface area contributed by atoms with E-state index >= 15 is 0 Å².